The van der Waals surface area contributed by atoms with Crippen LogP contribution in [0.2, 0.25) is 0 Å². The molecule has 0 radical (unpaired) electrons. The molecule has 18 heavy (non-hydrogen) atoms. The number of hydrogen-bond acceptors (Lipinski definition) is 4. The third kappa shape index (κ3) is 3.73. The van der Waals surface area contributed by atoms with Crippen molar-refractivity contribution in [2.45, 2.75) is 19.8 Å². The lowest BCUT2D eigenvalue weighted by Gasteiger charge is -2.19. The SMILES string of the molecule is Cc1cc(N(C)CCCC(=O)O)ccc1[N+](=O)[O-]. The van der Waals surface area contributed by atoms with Crippen molar-refractivity contribution in [2.75, 3.05) is 18.5 Å². The highest BCUT2D eigenvalue weighted by Gasteiger charge is 2.11. The second-order valence-corrected chi connectivity index (χ2v) is 4.15. The minimum atomic E-state index is -0.816. The molecule has 1 N–H and O–H groups in total. The Bertz CT molecular complexity index is 459. The summed E-state index contributed by atoms with van der Waals surface area (Å²) in [5.41, 5.74) is 1.55. The molecule has 1 rings (SSSR count). The number of carbonyl (C=O) groups is 1. The quantitative estimate of drug-likeness (QED) is 0.619. The third-order valence-corrected chi connectivity index (χ3v) is 2.70. The molecule has 0 aliphatic heterocycles. The van der Waals surface area contributed by atoms with Gasteiger partial charge in [-0.1, -0.05) is 0 Å². The minimum Gasteiger partial charge on any atom is -0.481 e. The van der Waals surface area contributed by atoms with E-state index in [2.05, 4.69) is 0 Å². The maximum atomic E-state index is 10.7. The molecule has 0 atom stereocenters. The maximum Gasteiger partial charge on any atom is 0.303 e. The van der Waals surface area contributed by atoms with Gasteiger partial charge in [-0.2, -0.15) is 0 Å². The van der Waals surface area contributed by atoms with Gasteiger partial charge in [-0.15, -0.1) is 0 Å². The molecule has 0 saturated carbocycles. The van der Waals surface area contributed by atoms with E-state index in [4.69, 9.17) is 5.11 Å². The molecular weight excluding hydrogens is 236 g/mol. The van der Waals surface area contributed by atoms with Gasteiger partial charge in [-0.05, 0) is 25.5 Å². The molecule has 0 bridgehead atoms. The monoisotopic (exact) mass is 252 g/mol. The van der Waals surface area contributed by atoms with E-state index < -0.39 is 10.9 Å². The Morgan fingerprint density at radius 1 is 1.50 bits per heavy atom. The van der Waals surface area contributed by atoms with Gasteiger partial charge in [0.05, 0.1) is 4.92 Å². The Kier molecular flexibility index (Phi) is 4.65. The van der Waals surface area contributed by atoms with Crippen molar-refractivity contribution < 1.29 is 14.8 Å². The maximum absolute atomic E-state index is 10.7. The molecule has 98 valence electrons. The van der Waals surface area contributed by atoms with Crippen molar-refractivity contribution in [1.29, 1.82) is 0 Å². The van der Waals surface area contributed by atoms with Crippen LogP contribution in [0.3, 0.4) is 0 Å². The number of aliphatic carboxylic acids is 1. The lowest BCUT2D eigenvalue weighted by atomic mass is 10.1. The summed E-state index contributed by atoms with van der Waals surface area (Å²) >= 11 is 0. The Morgan fingerprint density at radius 2 is 2.17 bits per heavy atom. The molecular formula is C12H16N2O4. The van der Waals surface area contributed by atoms with E-state index in [9.17, 15) is 14.9 Å². The van der Waals surface area contributed by atoms with E-state index in [1.54, 1.807) is 19.1 Å². The van der Waals surface area contributed by atoms with Gasteiger partial charge in [0, 0.05) is 37.3 Å². The summed E-state index contributed by atoms with van der Waals surface area (Å²) in [5.74, 6) is -0.816. The van der Waals surface area contributed by atoms with E-state index in [1.807, 2.05) is 11.9 Å². The van der Waals surface area contributed by atoms with Crippen LogP contribution in [0, 0.1) is 17.0 Å². The first-order valence-corrected chi connectivity index (χ1v) is 5.60. The fourth-order valence-corrected chi connectivity index (χ4v) is 1.68. The van der Waals surface area contributed by atoms with Crippen LogP contribution in [-0.4, -0.2) is 29.6 Å². The lowest BCUT2D eigenvalue weighted by molar-refractivity contribution is -0.385. The number of carboxylic acids is 1. The molecule has 1 aromatic carbocycles. The van der Waals surface area contributed by atoms with E-state index in [0.29, 0.717) is 18.5 Å². The van der Waals surface area contributed by atoms with Crippen LogP contribution < -0.4 is 4.90 Å². The van der Waals surface area contributed by atoms with Crippen molar-refractivity contribution in [1.82, 2.24) is 0 Å². The van der Waals surface area contributed by atoms with Crippen LogP contribution >= 0.6 is 0 Å². The number of aryl methyl sites for hydroxylation is 1. The molecule has 0 aromatic heterocycles. The summed E-state index contributed by atoms with van der Waals surface area (Å²) in [6.07, 6.45) is 0.665. The van der Waals surface area contributed by atoms with Gasteiger partial charge in [0.1, 0.15) is 0 Å². The first kappa shape index (κ1) is 14.0. The number of nitrogens with zero attached hydrogens (tertiary/aromatic N) is 2. The molecule has 1 aromatic rings. The van der Waals surface area contributed by atoms with Crippen molar-refractivity contribution in [3.8, 4) is 0 Å². The lowest BCUT2D eigenvalue weighted by Crippen LogP contribution is -2.19. The van der Waals surface area contributed by atoms with Crippen molar-refractivity contribution in [3.63, 3.8) is 0 Å². The number of benzene rings is 1. The fourth-order valence-electron chi connectivity index (χ4n) is 1.68. The highest BCUT2D eigenvalue weighted by atomic mass is 16.6. The minimum absolute atomic E-state index is 0.0951. The van der Waals surface area contributed by atoms with Crippen molar-refractivity contribution in [2.24, 2.45) is 0 Å². The Labute approximate surface area is 105 Å². The van der Waals surface area contributed by atoms with Gasteiger partial charge < -0.3 is 10.0 Å². The van der Waals surface area contributed by atoms with Crippen LogP contribution in [0.1, 0.15) is 18.4 Å². The molecule has 6 nitrogen and oxygen atoms in total. The second kappa shape index (κ2) is 6.00. The predicted molar refractivity (Wildman–Crippen MR) is 68.0 cm³/mol. The van der Waals surface area contributed by atoms with Crippen molar-refractivity contribution >= 4 is 17.3 Å². The van der Waals surface area contributed by atoms with Crippen LogP contribution in [0.15, 0.2) is 18.2 Å². The summed E-state index contributed by atoms with van der Waals surface area (Å²) in [7, 11) is 1.84. The number of carboxylic acid groups (broad SMARTS) is 1. The highest BCUT2D eigenvalue weighted by Crippen LogP contribution is 2.23. The smallest absolute Gasteiger partial charge is 0.303 e. The normalized spacial score (nSPS) is 10.1. The summed E-state index contributed by atoms with van der Waals surface area (Å²) in [6.45, 7) is 2.29. The number of rotatable bonds is 6. The van der Waals surface area contributed by atoms with E-state index in [-0.39, 0.29) is 12.1 Å². The molecule has 0 spiro atoms. The number of nitro benzene ring substituents is 1. The average molecular weight is 252 g/mol. The molecule has 0 amide bonds. The van der Waals surface area contributed by atoms with Gasteiger partial charge in [0.25, 0.3) is 5.69 Å². The fraction of sp³-hybridized carbons (Fsp3) is 0.417. The molecule has 0 saturated heterocycles. The zero-order valence-corrected chi connectivity index (χ0v) is 10.4. The molecule has 0 aliphatic rings. The summed E-state index contributed by atoms with van der Waals surface area (Å²) in [6, 6.07) is 4.88. The van der Waals surface area contributed by atoms with Gasteiger partial charge >= 0.3 is 5.97 Å². The number of anilines is 1. The third-order valence-electron chi connectivity index (χ3n) is 2.70. The number of hydrogen-bond donors (Lipinski definition) is 1. The van der Waals surface area contributed by atoms with Gasteiger partial charge in [-0.25, -0.2) is 0 Å². The molecule has 0 heterocycles. The van der Waals surface area contributed by atoms with Gasteiger partial charge in [0.2, 0.25) is 0 Å². The van der Waals surface area contributed by atoms with E-state index in [1.165, 1.54) is 6.07 Å². The average Bonchev–Trinajstić information content (AvgIpc) is 2.27. The van der Waals surface area contributed by atoms with Gasteiger partial charge in [0.15, 0.2) is 0 Å². The molecule has 0 aliphatic carbocycles. The topological polar surface area (TPSA) is 83.7 Å². The molecule has 0 fully saturated rings. The summed E-state index contributed by atoms with van der Waals surface area (Å²) in [4.78, 5) is 22.5. The first-order valence-electron chi connectivity index (χ1n) is 5.60. The van der Waals surface area contributed by atoms with Crippen LogP contribution in [-0.2, 0) is 4.79 Å². The van der Waals surface area contributed by atoms with Crippen molar-refractivity contribution in [3.05, 3.63) is 33.9 Å². The molecule has 6 heteroatoms. The Morgan fingerprint density at radius 3 is 2.67 bits per heavy atom. The largest absolute Gasteiger partial charge is 0.481 e. The van der Waals surface area contributed by atoms with Crippen LogP contribution in [0.5, 0.6) is 0 Å². The highest BCUT2D eigenvalue weighted by molar-refractivity contribution is 5.66. The molecule has 0 unspecified atom stereocenters. The zero-order chi connectivity index (χ0) is 13.7. The van der Waals surface area contributed by atoms with Crippen LogP contribution in [0.4, 0.5) is 11.4 Å². The van der Waals surface area contributed by atoms with Crippen LogP contribution in [0.25, 0.3) is 0 Å². The number of nitro groups is 1. The van der Waals surface area contributed by atoms with E-state index in [0.717, 1.165) is 5.69 Å². The zero-order valence-electron chi connectivity index (χ0n) is 10.4. The first-order chi connectivity index (χ1) is 8.41. The van der Waals surface area contributed by atoms with Gasteiger partial charge in [-0.3, -0.25) is 14.9 Å². The predicted octanol–water partition coefficient (Wildman–Crippen LogP) is 2.20. The summed E-state index contributed by atoms with van der Waals surface area (Å²) in [5, 5.41) is 19.2. The second-order valence-electron chi connectivity index (χ2n) is 4.15. The van der Waals surface area contributed by atoms with E-state index >= 15 is 0 Å². The summed E-state index contributed by atoms with van der Waals surface area (Å²) < 4.78 is 0. The Balaban J connectivity index is 2.69. The standard InChI is InChI=1S/C12H16N2O4/c1-9-8-10(5-6-11(9)14(17)18)13(2)7-3-4-12(15)16/h5-6,8H,3-4,7H2,1-2H3,(H,15,16). The Hall–Kier alpha value is -2.11.